The van der Waals surface area contributed by atoms with E-state index in [-0.39, 0.29) is 4.90 Å². The molecule has 0 N–H and O–H groups in total. The van der Waals surface area contributed by atoms with Crippen LogP contribution in [0.3, 0.4) is 0 Å². The van der Waals surface area contributed by atoms with Crippen molar-refractivity contribution in [1.82, 2.24) is 0 Å². The van der Waals surface area contributed by atoms with Gasteiger partial charge < -0.3 is 0 Å². The summed E-state index contributed by atoms with van der Waals surface area (Å²) in [6.45, 7) is 0. The highest BCUT2D eigenvalue weighted by molar-refractivity contribution is 7.87. The fourth-order valence-electron chi connectivity index (χ4n) is 2.59. The maximum absolute atomic E-state index is 12.4. The molecule has 1 aliphatic heterocycles. The summed E-state index contributed by atoms with van der Waals surface area (Å²) in [6.07, 6.45) is 0. The van der Waals surface area contributed by atoms with E-state index < -0.39 is 10.1 Å². The first-order chi connectivity index (χ1) is 10.2. The van der Waals surface area contributed by atoms with Gasteiger partial charge in [0.05, 0.1) is 11.4 Å². The van der Waals surface area contributed by atoms with Crippen LogP contribution in [0.5, 0.6) is 0 Å². The van der Waals surface area contributed by atoms with E-state index in [0.29, 0.717) is 11.1 Å². The first-order valence-corrected chi connectivity index (χ1v) is 7.89. The topological polar surface area (TPSA) is 46.6 Å². The largest absolute Gasteiger partial charge is 0.318 e. The van der Waals surface area contributed by atoms with Crippen LogP contribution in [0.1, 0.15) is 0 Å². The molecule has 21 heavy (non-hydrogen) atoms. The Bertz CT molecular complexity index is 931. The van der Waals surface area contributed by atoms with Crippen LogP contribution >= 0.6 is 0 Å². The summed E-state index contributed by atoms with van der Waals surface area (Å²) in [6, 6.07) is 20.0. The van der Waals surface area contributed by atoms with Crippen molar-refractivity contribution in [3.63, 3.8) is 0 Å². The quantitative estimate of drug-likeness (QED) is 0.688. The van der Waals surface area contributed by atoms with Gasteiger partial charge in [-0.15, -0.1) is 4.28 Å². The van der Waals surface area contributed by atoms with Crippen LogP contribution in [-0.4, -0.2) is 8.42 Å². The van der Waals surface area contributed by atoms with Crippen molar-refractivity contribution < 1.29 is 12.7 Å². The third-order valence-corrected chi connectivity index (χ3v) is 4.72. The van der Waals surface area contributed by atoms with Crippen LogP contribution in [0.4, 0.5) is 11.4 Å². The van der Waals surface area contributed by atoms with Gasteiger partial charge in [0.15, 0.2) is 0 Å². The van der Waals surface area contributed by atoms with E-state index in [1.807, 2.05) is 54.6 Å². The van der Waals surface area contributed by atoms with Crippen LogP contribution < -0.4 is 5.06 Å². The fourth-order valence-corrected chi connectivity index (χ4v) is 3.75. The van der Waals surface area contributed by atoms with Crippen molar-refractivity contribution in [2.75, 3.05) is 5.06 Å². The molecular weight excluding hydrogens is 286 g/mol. The molecular formula is C16H11NO3S. The molecule has 3 aromatic rings. The van der Waals surface area contributed by atoms with Crippen LogP contribution in [0, 0.1) is 0 Å². The summed E-state index contributed by atoms with van der Waals surface area (Å²) >= 11 is 0. The molecule has 0 unspecified atom stereocenters. The predicted molar refractivity (Wildman–Crippen MR) is 80.8 cm³/mol. The van der Waals surface area contributed by atoms with Crippen molar-refractivity contribution in [3.05, 3.63) is 66.7 Å². The summed E-state index contributed by atoms with van der Waals surface area (Å²) < 4.78 is 30.0. The zero-order chi connectivity index (χ0) is 14.4. The Kier molecular flexibility index (Phi) is 2.54. The third-order valence-electron chi connectivity index (χ3n) is 3.50. The average Bonchev–Trinajstić information content (AvgIpc) is 2.52. The Morgan fingerprint density at radius 2 is 1.52 bits per heavy atom. The molecule has 0 spiro atoms. The smallest absolute Gasteiger partial charge is 0.204 e. The SMILES string of the molecule is O=S1(=O)ON(c2ccccc2)c2cccc3cccc1c23. The summed E-state index contributed by atoms with van der Waals surface area (Å²) in [5.74, 6) is 0. The van der Waals surface area contributed by atoms with E-state index >= 15 is 0 Å². The van der Waals surface area contributed by atoms with Gasteiger partial charge >= 0.3 is 10.1 Å². The van der Waals surface area contributed by atoms with Crippen molar-refractivity contribution in [2.24, 2.45) is 0 Å². The van der Waals surface area contributed by atoms with Crippen molar-refractivity contribution in [2.45, 2.75) is 4.90 Å². The standard InChI is InChI=1S/C16H11NO3S/c18-21(19)15-11-5-7-12-6-4-10-14(16(12)15)17(20-21)13-8-2-1-3-9-13/h1-11H. The van der Waals surface area contributed by atoms with Crippen LogP contribution in [0.2, 0.25) is 0 Å². The molecule has 0 saturated carbocycles. The van der Waals surface area contributed by atoms with Crippen molar-refractivity contribution in [3.8, 4) is 0 Å². The number of hydrogen-bond donors (Lipinski definition) is 0. The van der Waals surface area contributed by atoms with Crippen molar-refractivity contribution in [1.29, 1.82) is 0 Å². The van der Waals surface area contributed by atoms with Gasteiger partial charge in [-0.05, 0) is 29.7 Å². The Balaban J connectivity index is 2.09. The number of para-hydroxylation sites is 1. The number of nitrogens with zero attached hydrogens (tertiary/aromatic N) is 1. The second kappa shape index (κ2) is 4.31. The zero-order valence-corrected chi connectivity index (χ0v) is 11.7. The molecule has 1 heterocycles. The molecule has 4 nitrogen and oxygen atoms in total. The molecule has 0 aliphatic carbocycles. The lowest BCUT2D eigenvalue weighted by molar-refractivity contribution is 0.321. The van der Waals surface area contributed by atoms with Crippen LogP contribution in [-0.2, 0) is 14.4 Å². The van der Waals surface area contributed by atoms with Gasteiger partial charge in [-0.2, -0.15) is 8.42 Å². The van der Waals surface area contributed by atoms with E-state index in [4.69, 9.17) is 4.28 Å². The van der Waals surface area contributed by atoms with Gasteiger partial charge in [-0.1, -0.05) is 42.5 Å². The number of benzene rings is 3. The molecule has 0 bridgehead atoms. The second-order valence-corrected chi connectivity index (χ2v) is 6.29. The normalized spacial score (nSPS) is 16.1. The lowest BCUT2D eigenvalue weighted by Gasteiger charge is -2.29. The molecule has 0 saturated heterocycles. The fraction of sp³-hybridized carbons (Fsp3) is 0. The molecule has 0 atom stereocenters. The van der Waals surface area contributed by atoms with Gasteiger partial charge in [0.2, 0.25) is 0 Å². The molecule has 3 aromatic carbocycles. The maximum atomic E-state index is 12.4. The monoisotopic (exact) mass is 297 g/mol. The van der Waals surface area contributed by atoms with Crippen LogP contribution in [0.15, 0.2) is 71.6 Å². The molecule has 5 heteroatoms. The second-order valence-electron chi connectivity index (χ2n) is 4.79. The molecule has 0 fully saturated rings. The molecule has 0 radical (unpaired) electrons. The van der Waals surface area contributed by atoms with Crippen LogP contribution in [0.25, 0.3) is 10.8 Å². The lowest BCUT2D eigenvalue weighted by Crippen LogP contribution is -2.27. The maximum Gasteiger partial charge on any atom is 0.318 e. The molecule has 0 amide bonds. The van der Waals surface area contributed by atoms with E-state index in [0.717, 1.165) is 11.1 Å². The molecule has 4 rings (SSSR count). The zero-order valence-electron chi connectivity index (χ0n) is 10.9. The Hall–Kier alpha value is -2.37. The minimum atomic E-state index is -3.82. The average molecular weight is 297 g/mol. The van der Waals surface area contributed by atoms with E-state index in [2.05, 4.69) is 0 Å². The summed E-state index contributed by atoms with van der Waals surface area (Å²) in [7, 11) is -3.82. The van der Waals surface area contributed by atoms with Gasteiger partial charge in [-0.25, -0.2) is 5.06 Å². The Morgan fingerprint density at radius 3 is 2.29 bits per heavy atom. The predicted octanol–water partition coefficient (Wildman–Crippen LogP) is 3.61. The summed E-state index contributed by atoms with van der Waals surface area (Å²) in [4.78, 5) is 0.211. The highest BCUT2D eigenvalue weighted by Crippen LogP contribution is 2.41. The van der Waals surface area contributed by atoms with Gasteiger partial charge in [0, 0.05) is 5.39 Å². The van der Waals surface area contributed by atoms with E-state index in [9.17, 15) is 8.42 Å². The van der Waals surface area contributed by atoms with E-state index in [1.54, 1.807) is 12.1 Å². The van der Waals surface area contributed by atoms with Gasteiger partial charge in [0.1, 0.15) is 4.90 Å². The Labute approximate surface area is 122 Å². The Morgan fingerprint density at radius 1 is 0.810 bits per heavy atom. The van der Waals surface area contributed by atoms with Gasteiger partial charge in [0.25, 0.3) is 0 Å². The highest BCUT2D eigenvalue weighted by atomic mass is 32.2. The number of rotatable bonds is 1. The van der Waals surface area contributed by atoms with Crippen molar-refractivity contribution >= 4 is 32.3 Å². The molecule has 104 valence electrons. The molecule has 0 aromatic heterocycles. The third kappa shape index (κ3) is 1.82. The first kappa shape index (κ1) is 12.4. The van der Waals surface area contributed by atoms with E-state index in [1.165, 1.54) is 5.06 Å². The minimum absolute atomic E-state index is 0.211. The van der Waals surface area contributed by atoms with Gasteiger partial charge in [-0.3, -0.25) is 0 Å². The summed E-state index contributed by atoms with van der Waals surface area (Å²) in [5.41, 5.74) is 1.40. The molecule has 1 aliphatic rings. The highest BCUT2D eigenvalue weighted by Gasteiger charge is 2.31. The first-order valence-electron chi connectivity index (χ1n) is 6.48. The lowest BCUT2D eigenvalue weighted by atomic mass is 10.1. The minimum Gasteiger partial charge on any atom is -0.204 e. The number of hydrogen-bond acceptors (Lipinski definition) is 4. The summed E-state index contributed by atoms with van der Waals surface area (Å²) in [5, 5.41) is 2.93. The number of anilines is 2.